The van der Waals surface area contributed by atoms with Crippen molar-refractivity contribution in [3.8, 4) is 11.1 Å². The molecule has 0 N–H and O–H groups in total. The summed E-state index contributed by atoms with van der Waals surface area (Å²) in [4.78, 5) is 0. The SMILES string of the molecule is CC.CC.CC.CC.CC.CC.CC.CC.CC.CCc1ccccc1C1C[C@H]2CC3CCCC3C23c2ccccc2-c2cccc1c23. The second kappa shape index (κ2) is 29.6. The predicted octanol–water partition coefficient (Wildman–Crippen LogP) is 16.7. The van der Waals surface area contributed by atoms with Crippen molar-refractivity contribution >= 4 is 0 Å². The lowest BCUT2D eigenvalue weighted by molar-refractivity contribution is 0.255. The van der Waals surface area contributed by atoms with Gasteiger partial charge in [0.15, 0.2) is 0 Å². The normalized spacial score (nSPS) is 21.4. The molecular formula is C48H84. The Labute approximate surface area is 304 Å². The summed E-state index contributed by atoms with van der Waals surface area (Å²) in [7, 11) is 0. The highest BCUT2D eigenvalue weighted by atomic mass is 14.7. The van der Waals surface area contributed by atoms with Crippen LogP contribution in [0.25, 0.3) is 11.1 Å². The molecule has 276 valence electrons. The summed E-state index contributed by atoms with van der Waals surface area (Å²) in [5, 5.41) is 0. The van der Waals surface area contributed by atoms with Gasteiger partial charge in [0, 0.05) is 11.3 Å². The lowest BCUT2D eigenvalue weighted by Crippen LogP contribution is -2.41. The van der Waals surface area contributed by atoms with Gasteiger partial charge in [-0.1, -0.05) is 211 Å². The minimum atomic E-state index is 0.293. The molecule has 0 aromatic heterocycles. The van der Waals surface area contributed by atoms with Crippen LogP contribution in [0.3, 0.4) is 0 Å². The van der Waals surface area contributed by atoms with Gasteiger partial charge in [0.1, 0.15) is 0 Å². The minimum Gasteiger partial charge on any atom is -0.0683 e. The summed E-state index contributed by atoms with van der Waals surface area (Å²) in [6.45, 7) is 38.3. The number of hydrogen-bond donors (Lipinski definition) is 0. The van der Waals surface area contributed by atoms with E-state index in [2.05, 4.69) is 73.7 Å². The fourth-order valence-electron chi connectivity index (χ4n) is 8.53. The zero-order chi connectivity index (χ0) is 37.9. The van der Waals surface area contributed by atoms with E-state index < -0.39 is 0 Å². The van der Waals surface area contributed by atoms with Crippen LogP contribution in [0.5, 0.6) is 0 Å². The van der Waals surface area contributed by atoms with Crippen LogP contribution in [0.2, 0.25) is 0 Å². The largest absolute Gasteiger partial charge is 0.0683 e. The second-order valence-corrected chi connectivity index (χ2v) is 10.3. The van der Waals surface area contributed by atoms with Gasteiger partial charge in [-0.3, -0.25) is 0 Å². The molecular weight excluding hydrogens is 577 g/mol. The van der Waals surface area contributed by atoms with E-state index in [1.165, 1.54) is 37.7 Å². The van der Waals surface area contributed by atoms with Crippen LogP contribution in [0.4, 0.5) is 0 Å². The molecule has 0 radical (unpaired) electrons. The smallest absolute Gasteiger partial charge is 0.0277 e. The summed E-state index contributed by atoms with van der Waals surface area (Å²) in [5.74, 6) is 3.14. The van der Waals surface area contributed by atoms with Crippen molar-refractivity contribution in [3.05, 3.63) is 94.5 Å². The topological polar surface area (TPSA) is 0 Å². The Bertz CT molecular complexity index is 1150. The summed E-state index contributed by atoms with van der Waals surface area (Å²) < 4.78 is 0. The third-order valence-electron chi connectivity index (χ3n) is 9.36. The molecule has 48 heavy (non-hydrogen) atoms. The Morgan fingerprint density at radius 2 is 1.02 bits per heavy atom. The van der Waals surface area contributed by atoms with Crippen molar-refractivity contribution in [3.63, 3.8) is 0 Å². The molecule has 3 aromatic carbocycles. The van der Waals surface area contributed by atoms with Crippen LogP contribution in [0, 0.1) is 17.8 Å². The van der Waals surface area contributed by atoms with Crippen LogP contribution in [-0.2, 0) is 11.8 Å². The fourth-order valence-corrected chi connectivity index (χ4v) is 8.53. The average molecular weight is 661 g/mol. The maximum absolute atomic E-state index is 2.49. The van der Waals surface area contributed by atoms with Crippen LogP contribution in [0.1, 0.15) is 197 Å². The van der Waals surface area contributed by atoms with E-state index in [4.69, 9.17) is 0 Å². The monoisotopic (exact) mass is 661 g/mol. The molecule has 5 atom stereocenters. The number of hydrogen-bond acceptors (Lipinski definition) is 0. The summed E-state index contributed by atoms with van der Waals surface area (Å²) in [5.41, 5.74) is 11.6. The zero-order valence-electron chi connectivity index (χ0n) is 35.9. The molecule has 0 saturated heterocycles. The first-order valence-electron chi connectivity index (χ1n) is 21.1. The molecule has 1 spiro atoms. The third-order valence-corrected chi connectivity index (χ3v) is 9.36. The van der Waals surface area contributed by atoms with Gasteiger partial charge in [-0.15, -0.1) is 0 Å². The number of benzene rings is 3. The molecule has 4 aliphatic carbocycles. The molecule has 0 heterocycles. The Kier molecular flexibility index (Phi) is 30.8. The molecule has 2 fully saturated rings. The first kappa shape index (κ1) is 50.0. The first-order valence-corrected chi connectivity index (χ1v) is 21.1. The molecule has 0 aliphatic heterocycles. The molecule has 4 unspecified atom stereocenters. The Morgan fingerprint density at radius 3 is 1.60 bits per heavy atom. The quantitative estimate of drug-likeness (QED) is 0.257. The van der Waals surface area contributed by atoms with Crippen LogP contribution < -0.4 is 0 Å². The van der Waals surface area contributed by atoms with Crippen LogP contribution in [0.15, 0.2) is 66.7 Å². The second-order valence-electron chi connectivity index (χ2n) is 10.3. The Hall–Kier alpha value is -2.34. The standard InChI is InChI=1S/C30H30.9C2H6/c1-2-19-9-3-4-11-22(19)26-18-21-17-20-10-7-16-27(20)30(21)28-15-6-5-12-23(28)24-13-8-14-25(26)29(24)30;9*1-2/h3-6,8-9,11-15,20-21,26-27H,2,7,10,16-18H2,1H3;9*1-2H3/t20?,21-,26?,27?,30?;;;;;;;;;/m1........./s1. The molecule has 0 bridgehead atoms. The van der Waals surface area contributed by atoms with E-state index in [0.717, 1.165) is 24.2 Å². The highest BCUT2D eigenvalue weighted by Crippen LogP contribution is 2.71. The number of fused-ring (bicyclic) bond motifs is 3. The molecule has 3 aromatic rings. The van der Waals surface area contributed by atoms with Crippen LogP contribution in [-0.4, -0.2) is 0 Å². The Morgan fingerprint density at radius 1 is 0.521 bits per heavy atom. The van der Waals surface area contributed by atoms with E-state index in [-0.39, 0.29) is 0 Å². The average Bonchev–Trinajstić information content (AvgIpc) is 3.91. The van der Waals surface area contributed by atoms with Crippen LogP contribution >= 0.6 is 0 Å². The molecule has 0 nitrogen and oxygen atoms in total. The maximum Gasteiger partial charge on any atom is 0.0277 e. The van der Waals surface area contributed by atoms with E-state index in [0.29, 0.717) is 11.3 Å². The Balaban J connectivity index is -0.000000988. The fraction of sp³-hybridized carbons (Fsp3) is 0.625. The molecule has 0 heteroatoms. The lowest BCUT2D eigenvalue weighted by atomic mass is 9.56. The molecule has 0 amide bonds. The lowest BCUT2D eigenvalue weighted by Gasteiger charge is -2.46. The van der Waals surface area contributed by atoms with E-state index in [9.17, 15) is 0 Å². The highest BCUT2D eigenvalue weighted by Gasteiger charge is 2.63. The summed E-state index contributed by atoms with van der Waals surface area (Å²) in [6.07, 6.45) is 8.22. The van der Waals surface area contributed by atoms with Crippen molar-refractivity contribution < 1.29 is 0 Å². The molecule has 2 saturated carbocycles. The van der Waals surface area contributed by atoms with E-state index in [1.54, 1.807) is 33.4 Å². The van der Waals surface area contributed by atoms with Crippen molar-refractivity contribution in [2.45, 2.75) is 181 Å². The van der Waals surface area contributed by atoms with Crippen molar-refractivity contribution in [2.75, 3.05) is 0 Å². The van der Waals surface area contributed by atoms with Gasteiger partial charge in [0.25, 0.3) is 0 Å². The molecule has 7 rings (SSSR count). The number of aryl methyl sites for hydroxylation is 1. The summed E-state index contributed by atoms with van der Waals surface area (Å²) in [6, 6.07) is 26.0. The minimum absolute atomic E-state index is 0.293. The van der Waals surface area contributed by atoms with Gasteiger partial charge in [-0.25, -0.2) is 0 Å². The van der Waals surface area contributed by atoms with Crippen molar-refractivity contribution in [1.29, 1.82) is 0 Å². The number of rotatable bonds is 2. The third kappa shape index (κ3) is 9.88. The van der Waals surface area contributed by atoms with Gasteiger partial charge < -0.3 is 0 Å². The van der Waals surface area contributed by atoms with E-state index >= 15 is 0 Å². The highest BCUT2D eigenvalue weighted by molar-refractivity contribution is 5.84. The van der Waals surface area contributed by atoms with Gasteiger partial charge in [-0.2, -0.15) is 0 Å². The summed E-state index contributed by atoms with van der Waals surface area (Å²) >= 11 is 0. The van der Waals surface area contributed by atoms with Gasteiger partial charge in [0.2, 0.25) is 0 Å². The van der Waals surface area contributed by atoms with Crippen molar-refractivity contribution in [2.24, 2.45) is 17.8 Å². The van der Waals surface area contributed by atoms with Gasteiger partial charge in [-0.05, 0) is 82.4 Å². The predicted molar refractivity (Wildman–Crippen MR) is 226 cm³/mol. The zero-order valence-corrected chi connectivity index (χ0v) is 35.9. The van der Waals surface area contributed by atoms with Gasteiger partial charge >= 0.3 is 0 Å². The first-order chi connectivity index (χ1) is 23.8. The maximum atomic E-state index is 2.49. The molecule has 4 aliphatic rings. The van der Waals surface area contributed by atoms with Crippen molar-refractivity contribution in [1.82, 2.24) is 0 Å². The van der Waals surface area contributed by atoms with E-state index in [1.807, 2.05) is 125 Å². The van der Waals surface area contributed by atoms with Gasteiger partial charge in [0.05, 0.1) is 0 Å².